The number of aromatic nitrogens is 1. The molecule has 0 radical (unpaired) electrons. The molecule has 3 aromatic rings. The van der Waals surface area contributed by atoms with E-state index in [0.29, 0.717) is 0 Å². The molecule has 0 aliphatic rings. The van der Waals surface area contributed by atoms with Gasteiger partial charge in [0, 0.05) is 17.1 Å². The van der Waals surface area contributed by atoms with Crippen molar-refractivity contribution in [1.82, 2.24) is 4.98 Å². The standard InChI is InChI=1S/C23H29NSi/c1-16-12-18(14-19(13-16)23(2,3)4)22-21-9-8-20(25(5,6)7)15-17(21)10-11-24-22/h8-15H,1-7H3. The van der Waals surface area contributed by atoms with E-state index in [-0.39, 0.29) is 5.41 Å². The highest BCUT2D eigenvalue weighted by Crippen LogP contribution is 2.31. The molecule has 25 heavy (non-hydrogen) atoms. The Labute approximate surface area is 153 Å². The molecule has 0 N–H and O–H groups in total. The fourth-order valence-corrected chi connectivity index (χ4v) is 4.40. The van der Waals surface area contributed by atoms with E-state index in [0.717, 1.165) is 5.69 Å². The Kier molecular flexibility index (Phi) is 4.36. The zero-order chi connectivity index (χ0) is 18.4. The first-order valence-electron chi connectivity index (χ1n) is 9.07. The third-order valence-electron chi connectivity index (χ3n) is 4.85. The van der Waals surface area contributed by atoms with Crippen molar-refractivity contribution in [3.63, 3.8) is 0 Å². The molecular weight excluding hydrogens is 318 g/mol. The number of benzene rings is 2. The highest BCUT2D eigenvalue weighted by atomic mass is 28.3. The summed E-state index contributed by atoms with van der Waals surface area (Å²) in [6, 6.07) is 15.9. The van der Waals surface area contributed by atoms with Gasteiger partial charge in [0.25, 0.3) is 0 Å². The lowest BCUT2D eigenvalue weighted by Crippen LogP contribution is -2.37. The largest absolute Gasteiger partial charge is 0.256 e. The van der Waals surface area contributed by atoms with Crippen LogP contribution in [0.25, 0.3) is 22.0 Å². The quantitative estimate of drug-likeness (QED) is 0.514. The number of rotatable bonds is 2. The maximum absolute atomic E-state index is 4.74. The average molecular weight is 348 g/mol. The summed E-state index contributed by atoms with van der Waals surface area (Å²) in [6.07, 6.45) is 1.95. The summed E-state index contributed by atoms with van der Waals surface area (Å²) in [7, 11) is -1.31. The van der Waals surface area contributed by atoms with Gasteiger partial charge < -0.3 is 0 Å². The van der Waals surface area contributed by atoms with Crippen LogP contribution in [0.1, 0.15) is 31.9 Å². The van der Waals surface area contributed by atoms with Crippen molar-refractivity contribution in [1.29, 1.82) is 0 Å². The van der Waals surface area contributed by atoms with Gasteiger partial charge >= 0.3 is 0 Å². The molecule has 0 unspecified atom stereocenters. The van der Waals surface area contributed by atoms with Crippen LogP contribution in [0, 0.1) is 6.92 Å². The van der Waals surface area contributed by atoms with Crippen LogP contribution >= 0.6 is 0 Å². The molecule has 0 fully saturated rings. The first-order valence-corrected chi connectivity index (χ1v) is 12.6. The fraction of sp³-hybridized carbons (Fsp3) is 0.348. The maximum Gasteiger partial charge on any atom is 0.0780 e. The Bertz CT molecular complexity index is 927. The second kappa shape index (κ2) is 6.10. The number of hydrogen-bond donors (Lipinski definition) is 0. The van der Waals surface area contributed by atoms with Crippen LogP contribution in [0.3, 0.4) is 0 Å². The van der Waals surface area contributed by atoms with Crippen LogP contribution in [0.4, 0.5) is 0 Å². The summed E-state index contributed by atoms with van der Waals surface area (Å²) in [5.41, 5.74) is 5.10. The van der Waals surface area contributed by atoms with Crippen LogP contribution in [-0.4, -0.2) is 13.1 Å². The predicted molar refractivity (Wildman–Crippen MR) is 114 cm³/mol. The van der Waals surface area contributed by atoms with Gasteiger partial charge in [0.15, 0.2) is 0 Å². The van der Waals surface area contributed by atoms with Crippen molar-refractivity contribution < 1.29 is 0 Å². The molecule has 0 spiro atoms. The van der Waals surface area contributed by atoms with E-state index in [9.17, 15) is 0 Å². The topological polar surface area (TPSA) is 12.9 Å². The second-order valence-corrected chi connectivity index (χ2v) is 14.3. The van der Waals surface area contributed by atoms with Crippen LogP contribution < -0.4 is 5.19 Å². The Balaban J connectivity index is 2.22. The smallest absolute Gasteiger partial charge is 0.0780 e. The Morgan fingerprint density at radius 2 is 1.60 bits per heavy atom. The summed E-state index contributed by atoms with van der Waals surface area (Å²) in [6.45, 7) is 16.2. The predicted octanol–water partition coefficient (Wildman–Crippen LogP) is 6.05. The SMILES string of the molecule is Cc1cc(-c2nccc3cc([Si](C)(C)C)ccc23)cc(C(C)(C)C)c1. The lowest BCUT2D eigenvalue weighted by Gasteiger charge is -2.21. The minimum Gasteiger partial charge on any atom is -0.256 e. The molecular formula is C23H29NSi. The van der Waals surface area contributed by atoms with Crippen molar-refractivity contribution in [3.05, 3.63) is 59.8 Å². The maximum atomic E-state index is 4.74. The van der Waals surface area contributed by atoms with Crippen molar-refractivity contribution in [3.8, 4) is 11.3 Å². The molecule has 0 saturated heterocycles. The lowest BCUT2D eigenvalue weighted by molar-refractivity contribution is 0.590. The van der Waals surface area contributed by atoms with Gasteiger partial charge in [-0.2, -0.15) is 0 Å². The molecule has 3 rings (SSSR count). The third-order valence-corrected chi connectivity index (χ3v) is 6.89. The normalized spacial score (nSPS) is 12.6. The molecule has 1 nitrogen and oxygen atoms in total. The summed E-state index contributed by atoms with van der Waals surface area (Å²) in [4.78, 5) is 4.74. The molecule has 2 heteroatoms. The third kappa shape index (κ3) is 3.69. The van der Waals surface area contributed by atoms with E-state index < -0.39 is 8.07 Å². The van der Waals surface area contributed by atoms with E-state index in [2.05, 4.69) is 89.8 Å². The number of pyridine rings is 1. The molecule has 0 amide bonds. The fourth-order valence-electron chi connectivity index (χ4n) is 3.23. The molecule has 2 aromatic carbocycles. The molecule has 0 aliphatic heterocycles. The van der Waals surface area contributed by atoms with E-state index >= 15 is 0 Å². The summed E-state index contributed by atoms with van der Waals surface area (Å²) in [5.74, 6) is 0. The molecule has 0 aliphatic carbocycles. The van der Waals surface area contributed by atoms with Crippen molar-refractivity contribution in [2.45, 2.75) is 52.8 Å². The van der Waals surface area contributed by atoms with Crippen molar-refractivity contribution in [2.24, 2.45) is 0 Å². The first kappa shape index (κ1) is 17.9. The molecule has 0 bridgehead atoms. The number of hydrogen-bond acceptors (Lipinski definition) is 1. The van der Waals surface area contributed by atoms with E-state index in [1.165, 1.54) is 32.6 Å². The highest BCUT2D eigenvalue weighted by molar-refractivity contribution is 6.88. The summed E-state index contributed by atoms with van der Waals surface area (Å²) in [5, 5.41) is 4.04. The monoisotopic (exact) mass is 347 g/mol. The number of nitrogens with zero attached hydrogens (tertiary/aromatic N) is 1. The molecule has 0 saturated carbocycles. The number of fused-ring (bicyclic) bond motifs is 1. The molecule has 0 atom stereocenters. The molecule has 1 aromatic heterocycles. The Morgan fingerprint density at radius 1 is 0.880 bits per heavy atom. The van der Waals surface area contributed by atoms with Gasteiger partial charge in [0.2, 0.25) is 0 Å². The van der Waals surface area contributed by atoms with E-state index in [1.807, 2.05) is 6.20 Å². The minimum absolute atomic E-state index is 0.135. The van der Waals surface area contributed by atoms with Crippen LogP contribution in [-0.2, 0) is 5.41 Å². The van der Waals surface area contributed by atoms with Crippen LogP contribution in [0.2, 0.25) is 19.6 Å². The minimum atomic E-state index is -1.31. The van der Waals surface area contributed by atoms with E-state index in [4.69, 9.17) is 4.98 Å². The van der Waals surface area contributed by atoms with Gasteiger partial charge in [-0.3, -0.25) is 4.98 Å². The zero-order valence-corrected chi connectivity index (χ0v) is 17.6. The lowest BCUT2D eigenvalue weighted by atomic mass is 9.84. The van der Waals surface area contributed by atoms with Gasteiger partial charge in [-0.1, -0.05) is 75.4 Å². The van der Waals surface area contributed by atoms with Gasteiger partial charge in [0.1, 0.15) is 0 Å². The van der Waals surface area contributed by atoms with Crippen LogP contribution in [0.15, 0.2) is 48.7 Å². The molecule has 130 valence electrons. The van der Waals surface area contributed by atoms with E-state index in [1.54, 1.807) is 0 Å². The van der Waals surface area contributed by atoms with Gasteiger partial charge in [0.05, 0.1) is 13.8 Å². The molecule has 1 heterocycles. The summed E-state index contributed by atoms with van der Waals surface area (Å²) >= 11 is 0. The van der Waals surface area contributed by atoms with Gasteiger partial charge in [-0.25, -0.2) is 0 Å². The van der Waals surface area contributed by atoms with Crippen molar-refractivity contribution in [2.75, 3.05) is 0 Å². The van der Waals surface area contributed by atoms with Crippen LogP contribution in [0.5, 0.6) is 0 Å². The Hall–Kier alpha value is -1.93. The Morgan fingerprint density at radius 3 is 2.24 bits per heavy atom. The van der Waals surface area contributed by atoms with Gasteiger partial charge in [-0.05, 0) is 41.5 Å². The second-order valence-electron chi connectivity index (χ2n) is 9.18. The highest BCUT2D eigenvalue weighted by Gasteiger charge is 2.18. The first-order chi connectivity index (χ1) is 11.6. The van der Waals surface area contributed by atoms with Gasteiger partial charge in [-0.15, -0.1) is 0 Å². The number of aryl methyl sites for hydroxylation is 1. The zero-order valence-electron chi connectivity index (χ0n) is 16.6. The average Bonchev–Trinajstić information content (AvgIpc) is 2.51. The summed E-state index contributed by atoms with van der Waals surface area (Å²) < 4.78 is 0. The van der Waals surface area contributed by atoms with Crippen molar-refractivity contribution >= 4 is 24.0 Å².